The van der Waals surface area contributed by atoms with Crippen molar-refractivity contribution in [2.24, 2.45) is 16.0 Å². The standard InChI is InChI=1S/C21H25N3OS/c1-5-22-21-24(23-11-10-15(2)3)20(14-26-21)18-7-6-17-13-19(25-4)9-8-16(17)12-18/h6-9,11-15H,5,10H2,1-4H3. The van der Waals surface area contributed by atoms with Gasteiger partial charge in [-0.2, -0.15) is 5.10 Å². The third-order valence-corrected chi connectivity index (χ3v) is 4.95. The molecule has 0 spiro atoms. The maximum atomic E-state index is 5.32. The quantitative estimate of drug-likeness (QED) is 0.553. The van der Waals surface area contributed by atoms with Gasteiger partial charge in [0.15, 0.2) is 0 Å². The number of thiazole rings is 1. The minimum atomic E-state index is 0.587. The molecule has 3 rings (SSSR count). The van der Waals surface area contributed by atoms with Crippen molar-refractivity contribution in [2.45, 2.75) is 27.2 Å². The van der Waals surface area contributed by atoms with E-state index >= 15 is 0 Å². The van der Waals surface area contributed by atoms with Crippen molar-refractivity contribution in [1.82, 2.24) is 4.68 Å². The van der Waals surface area contributed by atoms with E-state index in [1.54, 1.807) is 18.4 Å². The molecule has 0 fully saturated rings. The van der Waals surface area contributed by atoms with Crippen LogP contribution in [-0.4, -0.2) is 24.5 Å². The van der Waals surface area contributed by atoms with E-state index in [-0.39, 0.29) is 0 Å². The molecule has 4 nitrogen and oxygen atoms in total. The molecule has 0 aliphatic heterocycles. The number of hydrogen-bond acceptors (Lipinski definition) is 4. The number of methoxy groups -OCH3 is 1. The van der Waals surface area contributed by atoms with Crippen molar-refractivity contribution in [3.05, 3.63) is 46.6 Å². The summed E-state index contributed by atoms with van der Waals surface area (Å²) in [5.74, 6) is 1.46. The predicted octanol–water partition coefficient (Wildman–Crippen LogP) is 5.18. The Hall–Kier alpha value is -2.40. The molecular formula is C21H25N3OS. The van der Waals surface area contributed by atoms with E-state index in [0.717, 1.165) is 40.2 Å². The predicted molar refractivity (Wildman–Crippen MR) is 111 cm³/mol. The highest BCUT2D eigenvalue weighted by Gasteiger charge is 2.08. The maximum absolute atomic E-state index is 5.32. The fourth-order valence-corrected chi connectivity index (χ4v) is 3.60. The zero-order chi connectivity index (χ0) is 18.5. The zero-order valence-electron chi connectivity index (χ0n) is 15.8. The molecule has 0 aliphatic carbocycles. The van der Waals surface area contributed by atoms with E-state index in [9.17, 15) is 0 Å². The highest BCUT2D eigenvalue weighted by atomic mass is 32.1. The monoisotopic (exact) mass is 367 g/mol. The molecule has 26 heavy (non-hydrogen) atoms. The smallest absolute Gasteiger partial charge is 0.206 e. The van der Waals surface area contributed by atoms with Crippen LogP contribution in [0.15, 0.2) is 51.9 Å². The van der Waals surface area contributed by atoms with Crippen LogP contribution in [0.2, 0.25) is 0 Å². The Kier molecular flexibility index (Phi) is 5.89. The van der Waals surface area contributed by atoms with Gasteiger partial charge in [0.05, 0.1) is 12.8 Å². The number of nitrogens with zero attached hydrogens (tertiary/aromatic N) is 3. The summed E-state index contributed by atoms with van der Waals surface area (Å²) in [6, 6.07) is 12.6. The molecule has 1 heterocycles. The Morgan fingerprint density at radius 1 is 1.15 bits per heavy atom. The summed E-state index contributed by atoms with van der Waals surface area (Å²) in [6.07, 6.45) is 2.94. The second-order valence-electron chi connectivity index (χ2n) is 6.55. The van der Waals surface area contributed by atoms with Crippen LogP contribution in [0.4, 0.5) is 0 Å². The average Bonchev–Trinajstić information content (AvgIpc) is 3.03. The molecule has 0 amide bonds. The second kappa shape index (κ2) is 8.32. The first-order valence-corrected chi connectivity index (χ1v) is 9.82. The molecule has 3 aromatic rings. The molecule has 0 saturated carbocycles. The lowest BCUT2D eigenvalue weighted by Crippen LogP contribution is -2.12. The van der Waals surface area contributed by atoms with Gasteiger partial charge in [0.25, 0.3) is 0 Å². The SMILES string of the molecule is CCN=c1scc(-c2ccc3cc(OC)ccc3c2)n1N=CCC(C)C. The van der Waals surface area contributed by atoms with Crippen molar-refractivity contribution >= 4 is 28.3 Å². The molecule has 0 N–H and O–H groups in total. The van der Waals surface area contributed by atoms with Crippen LogP contribution in [0.3, 0.4) is 0 Å². The van der Waals surface area contributed by atoms with Crippen LogP contribution in [0, 0.1) is 5.92 Å². The van der Waals surface area contributed by atoms with Crippen LogP contribution in [0.25, 0.3) is 22.0 Å². The van der Waals surface area contributed by atoms with Gasteiger partial charge in [-0.1, -0.05) is 32.0 Å². The number of ether oxygens (including phenoxy) is 1. The summed E-state index contributed by atoms with van der Waals surface area (Å²) in [5.41, 5.74) is 2.21. The molecule has 0 atom stereocenters. The molecule has 0 saturated heterocycles. The van der Waals surface area contributed by atoms with Gasteiger partial charge in [-0.3, -0.25) is 4.99 Å². The molecule has 5 heteroatoms. The van der Waals surface area contributed by atoms with E-state index in [1.165, 1.54) is 5.39 Å². The van der Waals surface area contributed by atoms with Gasteiger partial charge < -0.3 is 4.74 Å². The number of aromatic nitrogens is 1. The van der Waals surface area contributed by atoms with Crippen molar-refractivity contribution in [3.8, 4) is 17.0 Å². The summed E-state index contributed by atoms with van der Waals surface area (Å²) in [6.45, 7) is 7.18. The van der Waals surface area contributed by atoms with Crippen molar-refractivity contribution in [2.75, 3.05) is 13.7 Å². The molecule has 0 bridgehead atoms. The first-order valence-electron chi connectivity index (χ1n) is 8.94. The second-order valence-corrected chi connectivity index (χ2v) is 7.38. The van der Waals surface area contributed by atoms with E-state index < -0.39 is 0 Å². The van der Waals surface area contributed by atoms with Crippen molar-refractivity contribution in [3.63, 3.8) is 0 Å². The molecule has 136 valence electrons. The summed E-state index contributed by atoms with van der Waals surface area (Å²) < 4.78 is 7.28. The van der Waals surface area contributed by atoms with Crippen molar-refractivity contribution in [1.29, 1.82) is 0 Å². The number of hydrogen-bond donors (Lipinski definition) is 0. The van der Waals surface area contributed by atoms with E-state index in [1.807, 2.05) is 23.9 Å². The van der Waals surface area contributed by atoms with Gasteiger partial charge in [-0.15, -0.1) is 11.3 Å². The molecule has 0 radical (unpaired) electrons. The number of rotatable bonds is 6. The average molecular weight is 368 g/mol. The Morgan fingerprint density at radius 3 is 2.65 bits per heavy atom. The maximum Gasteiger partial charge on any atom is 0.206 e. The Labute approximate surface area is 158 Å². The van der Waals surface area contributed by atoms with Gasteiger partial charge in [0, 0.05) is 23.7 Å². The topological polar surface area (TPSA) is 38.9 Å². The molecule has 0 aliphatic rings. The largest absolute Gasteiger partial charge is 0.497 e. The molecule has 2 aromatic carbocycles. The van der Waals surface area contributed by atoms with Crippen LogP contribution >= 0.6 is 11.3 Å². The lowest BCUT2D eigenvalue weighted by atomic mass is 10.1. The Balaban J connectivity index is 2.06. The minimum absolute atomic E-state index is 0.587. The van der Waals surface area contributed by atoms with Crippen LogP contribution in [0.1, 0.15) is 27.2 Å². The Bertz CT molecular complexity index is 982. The summed E-state index contributed by atoms with van der Waals surface area (Å²) >= 11 is 1.63. The van der Waals surface area contributed by atoms with Crippen molar-refractivity contribution < 1.29 is 4.74 Å². The van der Waals surface area contributed by atoms with Gasteiger partial charge in [0.1, 0.15) is 5.75 Å². The van der Waals surface area contributed by atoms with Crippen LogP contribution in [0.5, 0.6) is 5.75 Å². The van der Waals surface area contributed by atoms with Crippen LogP contribution in [-0.2, 0) is 0 Å². The lowest BCUT2D eigenvalue weighted by Gasteiger charge is -2.07. The van der Waals surface area contributed by atoms with E-state index in [4.69, 9.17) is 9.84 Å². The fourth-order valence-electron chi connectivity index (χ4n) is 2.70. The first kappa shape index (κ1) is 18.4. The highest BCUT2D eigenvalue weighted by Crippen LogP contribution is 2.27. The van der Waals surface area contributed by atoms with Gasteiger partial charge >= 0.3 is 0 Å². The fraction of sp³-hybridized carbons (Fsp3) is 0.333. The summed E-state index contributed by atoms with van der Waals surface area (Å²) in [5, 5.41) is 9.17. The third-order valence-electron chi connectivity index (χ3n) is 4.10. The lowest BCUT2D eigenvalue weighted by molar-refractivity contribution is 0.415. The highest BCUT2D eigenvalue weighted by molar-refractivity contribution is 7.07. The molecule has 1 aromatic heterocycles. The van der Waals surface area contributed by atoms with E-state index in [0.29, 0.717) is 5.92 Å². The number of benzene rings is 2. The molecule has 0 unspecified atom stereocenters. The van der Waals surface area contributed by atoms with Gasteiger partial charge in [-0.25, -0.2) is 4.68 Å². The number of fused-ring (bicyclic) bond motifs is 1. The minimum Gasteiger partial charge on any atom is -0.497 e. The Morgan fingerprint density at radius 2 is 1.92 bits per heavy atom. The van der Waals surface area contributed by atoms with E-state index in [2.05, 4.69) is 54.6 Å². The molecular weight excluding hydrogens is 342 g/mol. The zero-order valence-corrected chi connectivity index (χ0v) is 16.6. The first-order chi connectivity index (χ1) is 12.6. The van der Waals surface area contributed by atoms with Crippen LogP contribution < -0.4 is 9.54 Å². The third kappa shape index (κ3) is 4.05. The summed E-state index contributed by atoms with van der Waals surface area (Å²) in [7, 11) is 1.69. The summed E-state index contributed by atoms with van der Waals surface area (Å²) in [4.78, 5) is 5.51. The normalized spacial score (nSPS) is 12.6. The van der Waals surface area contributed by atoms with Gasteiger partial charge in [0.2, 0.25) is 4.80 Å². The van der Waals surface area contributed by atoms with Gasteiger partial charge in [-0.05, 0) is 48.2 Å².